The van der Waals surface area contributed by atoms with Crippen molar-refractivity contribution >= 4 is 10.0 Å². The molecule has 1 aliphatic heterocycles. The Morgan fingerprint density at radius 1 is 1.43 bits per heavy atom. The van der Waals surface area contributed by atoms with Crippen molar-refractivity contribution in [1.29, 1.82) is 0 Å². The molecule has 0 amide bonds. The largest absolute Gasteiger partial charge is 0.318 e. The monoisotopic (exact) mass is 315 g/mol. The van der Waals surface area contributed by atoms with Crippen LogP contribution in [0.3, 0.4) is 0 Å². The third-order valence-electron chi connectivity index (χ3n) is 3.97. The van der Waals surface area contributed by atoms with Gasteiger partial charge in [-0.2, -0.15) is 9.40 Å². The highest BCUT2D eigenvalue weighted by Crippen LogP contribution is 2.19. The van der Waals surface area contributed by atoms with Crippen molar-refractivity contribution in [3.63, 3.8) is 0 Å². The second-order valence-corrected chi connectivity index (χ2v) is 7.32. The molecule has 1 saturated heterocycles. The molecule has 1 unspecified atom stereocenters. The van der Waals surface area contributed by atoms with Gasteiger partial charge in [0.25, 0.3) is 0 Å². The van der Waals surface area contributed by atoms with Crippen LogP contribution in [0.2, 0.25) is 0 Å². The molecule has 8 heteroatoms. The summed E-state index contributed by atoms with van der Waals surface area (Å²) in [6.07, 6.45) is 3.06. The Hall–Kier alpha value is -0.960. The van der Waals surface area contributed by atoms with Gasteiger partial charge in [-0.3, -0.25) is 9.58 Å². The van der Waals surface area contributed by atoms with Gasteiger partial charge in [0.05, 0.1) is 12.7 Å². The minimum Gasteiger partial charge on any atom is -0.318 e. The lowest BCUT2D eigenvalue weighted by molar-refractivity contribution is 0.135. The maximum Gasteiger partial charge on any atom is 0.246 e. The van der Waals surface area contributed by atoms with E-state index in [1.54, 1.807) is 15.2 Å². The van der Waals surface area contributed by atoms with Gasteiger partial charge in [0.15, 0.2) is 0 Å². The van der Waals surface area contributed by atoms with Gasteiger partial charge in [0, 0.05) is 38.4 Å². The lowest BCUT2D eigenvalue weighted by atomic mass is 10.2. The minimum atomic E-state index is -3.43. The van der Waals surface area contributed by atoms with E-state index in [0.29, 0.717) is 19.6 Å². The van der Waals surface area contributed by atoms with Gasteiger partial charge in [-0.05, 0) is 20.5 Å². The average Bonchev–Trinajstić information content (AvgIpc) is 2.94. The molecule has 1 fully saturated rings. The van der Waals surface area contributed by atoms with Crippen molar-refractivity contribution in [2.24, 2.45) is 0 Å². The molecule has 2 rings (SSSR count). The van der Waals surface area contributed by atoms with Crippen LogP contribution in [0.25, 0.3) is 0 Å². The molecule has 0 radical (unpaired) electrons. The first-order chi connectivity index (χ1) is 9.98. The molecule has 7 nitrogen and oxygen atoms in total. The van der Waals surface area contributed by atoms with Gasteiger partial charge in [0.1, 0.15) is 4.90 Å². The van der Waals surface area contributed by atoms with Crippen LogP contribution < -0.4 is 5.32 Å². The highest BCUT2D eigenvalue weighted by atomic mass is 32.2. The van der Waals surface area contributed by atoms with Crippen LogP contribution in [0.1, 0.15) is 13.8 Å². The summed E-state index contributed by atoms with van der Waals surface area (Å²) in [5.41, 5.74) is 0. The third kappa shape index (κ3) is 3.63. The fraction of sp³-hybridized carbons (Fsp3) is 0.769. The summed E-state index contributed by atoms with van der Waals surface area (Å²) in [5.74, 6) is 0. The summed E-state index contributed by atoms with van der Waals surface area (Å²) in [6.45, 7) is 8.41. The third-order valence-corrected chi connectivity index (χ3v) is 5.79. The number of likely N-dealkylation sites (N-methyl/N-ethyl adjacent to an activating group) is 2. The van der Waals surface area contributed by atoms with Crippen LogP contribution in [0.5, 0.6) is 0 Å². The van der Waals surface area contributed by atoms with Crippen molar-refractivity contribution < 1.29 is 8.42 Å². The second kappa shape index (κ2) is 6.87. The number of nitrogens with zero attached hydrogens (tertiary/aromatic N) is 4. The lowest BCUT2D eigenvalue weighted by Gasteiger charge is -2.38. The standard InChI is InChI=1S/C13H25N5O2S/c1-4-16-7-8-18(10-12(16)2)21(19,20)13-9-15-17(11-13)6-5-14-3/h9,11-12,14H,4-8,10H2,1-3H3. The number of rotatable bonds is 6. The zero-order valence-corrected chi connectivity index (χ0v) is 13.8. The Morgan fingerprint density at radius 2 is 2.19 bits per heavy atom. The molecule has 2 heterocycles. The Labute approximate surface area is 127 Å². The summed E-state index contributed by atoms with van der Waals surface area (Å²) >= 11 is 0. The van der Waals surface area contributed by atoms with Crippen molar-refractivity contribution in [2.75, 3.05) is 39.8 Å². The quantitative estimate of drug-likeness (QED) is 0.788. The molecule has 1 aliphatic rings. The summed E-state index contributed by atoms with van der Waals surface area (Å²) < 4.78 is 28.5. The molecular formula is C13H25N5O2S. The summed E-state index contributed by atoms with van der Waals surface area (Å²) in [7, 11) is -1.57. The Kier molecular flexibility index (Phi) is 5.37. The van der Waals surface area contributed by atoms with Crippen molar-refractivity contribution in [3.05, 3.63) is 12.4 Å². The van der Waals surface area contributed by atoms with E-state index in [1.165, 1.54) is 6.20 Å². The van der Waals surface area contributed by atoms with Gasteiger partial charge in [-0.1, -0.05) is 6.92 Å². The molecule has 120 valence electrons. The number of nitrogens with one attached hydrogen (secondary N) is 1. The molecule has 0 aliphatic carbocycles. The van der Waals surface area contributed by atoms with E-state index in [1.807, 2.05) is 7.05 Å². The first-order valence-electron chi connectivity index (χ1n) is 7.40. The predicted molar refractivity (Wildman–Crippen MR) is 81.6 cm³/mol. The maximum absolute atomic E-state index is 12.7. The highest BCUT2D eigenvalue weighted by molar-refractivity contribution is 7.89. The van der Waals surface area contributed by atoms with Gasteiger partial charge < -0.3 is 5.32 Å². The molecule has 0 spiro atoms. The molecule has 21 heavy (non-hydrogen) atoms. The van der Waals surface area contributed by atoms with Crippen molar-refractivity contribution in [2.45, 2.75) is 31.3 Å². The predicted octanol–water partition coefficient (Wildman–Crippen LogP) is -0.183. The van der Waals surface area contributed by atoms with Crippen LogP contribution >= 0.6 is 0 Å². The van der Waals surface area contributed by atoms with Crippen molar-refractivity contribution in [1.82, 2.24) is 24.3 Å². The summed E-state index contributed by atoms with van der Waals surface area (Å²) in [6, 6.07) is 0.248. The van der Waals surface area contributed by atoms with Gasteiger partial charge in [-0.25, -0.2) is 8.42 Å². The van der Waals surface area contributed by atoms with Crippen LogP contribution in [-0.4, -0.2) is 73.2 Å². The number of hydrogen-bond acceptors (Lipinski definition) is 5. The minimum absolute atomic E-state index is 0.248. The van der Waals surface area contributed by atoms with E-state index in [4.69, 9.17) is 0 Å². The molecule has 1 aromatic heterocycles. The highest BCUT2D eigenvalue weighted by Gasteiger charge is 2.32. The zero-order valence-electron chi connectivity index (χ0n) is 13.0. The Balaban J connectivity index is 2.09. The maximum atomic E-state index is 12.7. The van der Waals surface area contributed by atoms with Crippen LogP contribution in [0.15, 0.2) is 17.3 Å². The van der Waals surface area contributed by atoms with E-state index in [2.05, 4.69) is 29.2 Å². The normalized spacial score (nSPS) is 21.8. The first-order valence-corrected chi connectivity index (χ1v) is 8.84. The molecule has 1 atom stereocenters. The van der Waals surface area contributed by atoms with Gasteiger partial charge in [-0.15, -0.1) is 0 Å². The fourth-order valence-corrected chi connectivity index (χ4v) is 4.09. The molecular weight excluding hydrogens is 290 g/mol. The number of hydrogen-bond donors (Lipinski definition) is 1. The molecule has 1 aromatic rings. The number of sulfonamides is 1. The van der Waals surface area contributed by atoms with Crippen molar-refractivity contribution in [3.8, 4) is 0 Å². The van der Waals surface area contributed by atoms with E-state index in [9.17, 15) is 8.42 Å². The topological polar surface area (TPSA) is 70.5 Å². The van der Waals surface area contributed by atoms with Gasteiger partial charge in [0.2, 0.25) is 10.0 Å². The second-order valence-electron chi connectivity index (χ2n) is 5.38. The number of aromatic nitrogens is 2. The van der Waals surface area contributed by atoms with E-state index in [0.717, 1.165) is 19.6 Å². The van der Waals surface area contributed by atoms with Crippen LogP contribution in [0, 0.1) is 0 Å². The average molecular weight is 315 g/mol. The van der Waals surface area contributed by atoms with Gasteiger partial charge >= 0.3 is 0 Å². The SMILES string of the molecule is CCN1CCN(S(=O)(=O)c2cnn(CCNC)c2)CC1C. The van der Waals surface area contributed by atoms with E-state index < -0.39 is 10.0 Å². The molecule has 1 N–H and O–H groups in total. The zero-order chi connectivity index (χ0) is 15.5. The number of piperazine rings is 1. The Morgan fingerprint density at radius 3 is 2.81 bits per heavy atom. The van der Waals surface area contributed by atoms with E-state index in [-0.39, 0.29) is 10.9 Å². The lowest BCUT2D eigenvalue weighted by Crippen LogP contribution is -2.53. The summed E-state index contributed by atoms with van der Waals surface area (Å²) in [4.78, 5) is 2.58. The van der Waals surface area contributed by atoms with Crippen LogP contribution in [-0.2, 0) is 16.6 Å². The smallest absolute Gasteiger partial charge is 0.246 e. The molecule has 0 aromatic carbocycles. The fourth-order valence-electron chi connectivity index (χ4n) is 2.63. The summed E-state index contributed by atoms with van der Waals surface area (Å²) in [5, 5.41) is 7.14. The molecule has 0 saturated carbocycles. The Bertz CT molecular complexity index is 557. The molecule has 0 bridgehead atoms. The first kappa shape index (κ1) is 16.4. The van der Waals surface area contributed by atoms with E-state index >= 15 is 0 Å². The van der Waals surface area contributed by atoms with Crippen LogP contribution in [0.4, 0.5) is 0 Å².